The third-order valence-corrected chi connectivity index (χ3v) is 4.39. The highest BCUT2D eigenvalue weighted by Crippen LogP contribution is 2.21. The smallest absolute Gasteiger partial charge is 0.358 e. The highest BCUT2D eigenvalue weighted by molar-refractivity contribution is 7.89. The van der Waals surface area contributed by atoms with Crippen molar-refractivity contribution >= 4 is 21.9 Å². The predicted octanol–water partition coefficient (Wildman–Crippen LogP) is 0.755. The zero-order valence-corrected chi connectivity index (χ0v) is 15.5. The molecule has 0 unspecified atom stereocenters. The largest absolute Gasteiger partial charge is 0.461 e. The first-order chi connectivity index (χ1) is 12.2. The molecule has 0 bridgehead atoms. The van der Waals surface area contributed by atoms with Gasteiger partial charge in [0.2, 0.25) is 10.0 Å². The first kappa shape index (κ1) is 19.6. The summed E-state index contributed by atoms with van der Waals surface area (Å²) in [6.07, 6.45) is 0. The summed E-state index contributed by atoms with van der Waals surface area (Å²) >= 11 is 0. The minimum atomic E-state index is -3.98. The number of benzene rings is 1. The van der Waals surface area contributed by atoms with E-state index in [0.29, 0.717) is 17.9 Å². The number of nitrogens with one attached hydrogen (secondary N) is 1. The molecule has 0 radical (unpaired) electrons. The average Bonchev–Trinajstić information content (AvgIpc) is 2.95. The third kappa shape index (κ3) is 4.09. The number of primary sulfonamides is 1. The second-order valence-electron chi connectivity index (χ2n) is 5.39. The molecular weight excluding hydrogens is 360 g/mol. The van der Waals surface area contributed by atoms with Crippen LogP contribution in [0.15, 0.2) is 29.2 Å². The van der Waals surface area contributed by atoms with E-state index in [-0.39, 0.29) is 22.8 Å². The van der Waals surface area contributed by atoms with Crippen LogP contribution in [-0.4, -0.2) is 43.2 Å². The number of nitrogens with zero attached hydrogens (tertiary/aromatic N) is 2. The average molecular weight is 380 g/mol. The van der Waals surface area contributed by atoms with Gasteiger partial charge in [0, 0.05) is 12.2 Å². The van der Waals surface area contributed by atoms with Gasteiger partial charge in [0.15, 0.2) is 5.69 Å². The van der Waals surface area contributed by atoms with Gasteiger partial charge in [-0.1, -0.05) is 0 Å². The molecule has 0 aliphatic heterocycles. The van der Waals surface area contributed by atoms with Crippen LogP contribution in [0.2, 0.25) is 0 Å². The molecule has 0 atom stereocenters. The number of hydrogen-bond donors (Lipinski definition) is 2. The molecule has 0 saturated heterocycles. The van der Waals surface area contributed by atoms with Crippen molar-refractivity contribution in [2.45, 2.75) is 25.7 Å². The summed E-state index contributed by atoms with van der Waals surface area (Å²) in [5.41, 5.74) is 1.04. The zero-order valence-electron chi connectivity index (χ0n) is 14.6. The lowest BCUT2D eigenvalue weighted by Crippen LogP contribution is -2.25. The highest BCUT2D eigenvalue weighted by Gasteiger charge is 2.21. The van der Waals surface area contributed by atoms with Crippen LogP contribution in [0, 0.1) is 6.92 Å². The SMILES string of the molecule is CCNC(=O)c1cc(S(N)(=O)=O)ccc1-n1nc(C(=O)OCC)cc1C. The summed E-state index contributed by atoms with van der Waals surface area (Å²) in [6, 6.07) is 5.39. The fraction of sp³-hybridized carbons (Fsp3) is 0.312. The van der Waals surface area contributed by atoms with Crippen molar-refractivity contribution in [1.29, 1.82) is 0 Å². The molecule has 0 saturated carbocycles. The second kappa shape index (κ2) is 7.67. The van der Waals surface area contributed by atoms with Crippen LogP contribution in [0.4, 0.5) is 0 Å². The summed E-state index contributed by atoms with van der Waals surface area (Å²) in [4.78, 5) is 24.1. The van der Waals surface area contributed by atoms with Crippen molar-refractivity contribution < 1.29 is 22.7 Å². The van der Waals surface area contributed by atoms with E-state index >= 15 is 0 Å². The van der Waals surface area contributed by atoms with E-state index < -0.39 is 21.9 Å². The zero-order chi connectivity index (χ0) is 19.5. The molecule has 1 aromatic carbocycles. The van der Waals surface area contributed by atoms with Crippen LogP contribution in [-0.2, 0) is 14.8 Å². The van der Waals surface area contributed by atoms with Crippen molar-refractivity contribution in [1.82, 2.24) is 15.1 Å². The quantitative estimate of drug-likeness (QED) is 0.711. The Morgan fingerprint density at radius 3 is 2.54 bits per heavy atom. The molecule has 0 aliphatic rings. The minimum Gasteiger partial charge on any atom is -0.461 e. The standard InChI is InChI=1S/C16H20N4O5S/c1-4-18-15(21)12-9-11(26(17,23)24)6-7-14(12)20-10(3)8-13(19-20)16(22)25-5-2/h6-9H,4-5H2,1-3H3,(H,18,21)(H2,17,23,24). The fourth-order valence-electron chi connectivity index (χ4n) is 2.34. The summed E-state index contributed by atoms with van der Waals surface area (Å²) in [6.45, 7) is 5.67. The number of ether oxygens (including phenoxy) is 1. The Hall–Kier alpha value is -2.72. The minimum absolute atomic E-state index is 0.0694. The summed E-state index contributed by atoms with van der Waals surface area (Å²) in [5.74, 6) is -1.07. The third-order valence-electron chi connectivity index (χ3n) is 3.48. The summed E-state index contributed by atoms with van der Waals surface area (Å²) < 4.78 is 29.5. The Morgan fingerprint density at radius 2 is 1.96 bits per heavy atom. The van der Waals surface area contributed by atoms with E-state index in [4.69, 9.17) is 9.88 Å². The van der Waals surface area contributed by atoms with Crippen molar-refractivity contribution in [3.63, 3.8) is 0 Å². The van der Waals surface area contributed by atoms with Crippen molar-refractivity contribution in [2.24, 2.45) is 5.14 Å². The number of carbonyl (C=O) groups is 2. The van der Waals surface area contributed by atoms with Gasteiger partial charge in [-0.15, -0.1) is 0 Å². The van der Waals surface area contributed by atoms with Gasteiger partial charge >= 0.3 is 5.97 Å². The lowest BCUT2D eigenvalue weighted by atomic mass is 10.1. The number of aryl methyl sites for hydroxylation is 1. The first-order valence-corrected chi connectivity index (χ1v) is 9.42. The number of carbonyl (C=O) groups excluding carboxylic acids is 2. The number of hydrogen-bond acceptors (Lipinski definition) is 6. The number of nitrogens with two attached hydrogens (primary N) is 1. The lowest BCUT2D eigenvalue weighted by molar-refractivity contribution is 0.0519. The molecular formula is C16H20N4O5S. The van der Waals surface area contributed by atoms with Crippen LogP contribution in [0.1, 0.15) is 40.4 Å². The molecule has 2 aromatic rings. The van der Waals surface area contributed by atoms with E-state index in [1.54, 1.807) is 20.8 Å². The van der Waals surface area contributed by atoms with Crippen LogP contribution >= 0.6 is 0 Å². The molecule has 140 valence electrons. The number of aromatic nitrogens is 2. The van der Waals surface area contributed by atoms with Crippen LogP contribution < -0.4 is 10.5 Å². The molecule has 26 heavy (non-hydrogen) atoms. The maximum Gasteiger partial charge on any atom is 0.358 e. The van der Waals surface area contributed by atoms with Gasteiger partial charge in [0.1, 0.15) is 0 Å². The molecule has 2 rings (SSSR count). The number of amides is 1. The van der Waals surface area contributed by atoms with Crippen molar-refractivity contribution in [2.75, 3.05) is 13.2 Å². The number of rotatable bonds is 6. The molecule has 1 amide bonds. The van der Waals surface area contributed by atoms with E-state index in [2.05, 4.69) is 10.4 Å². The Kier molecular flexibility index (Phi) is 5.78. The molecule has 1 aromatic heterocycles. The van der Waals surface area contributed by atoms with Crippen molar-refractivity contribution in [3.05, 3.63) is 41.2 Å². The maximum atomic E-state index is 12.4. The molecule has 0 fully saturated rings. The van der Waals surface area contributed by atoms with E-state index in [1.165, 1.54) is 28.9 Å². The molecule has 0 aliphatic carbocycles. The van der Waals surface area contributed by atoms with E-state index in [1.807, 2.05) is 0 Å². The number of esters is 1. The monoisotopic (exact) mass is 380 g/mol. The van der Waals surface area contributed by atoms with Gasteiger partial charge in [-0.05, 0) is 45.0 Å². The molecule has 10 heteroatoms. The molecule has 9 nitrogen and oxygen atoms in total. The second-order valence-corrected chi connectivity index (χ2v) is 6.95. The number of sulfonamides is 1. The molecule has 3 N–H and O–H groups in total. The topological polar surface area (TPSA) is 133 Å². The van der Waals surface area contributed by atoms with Crippen molar-refractivity contribution in [3.8, 4) is 5.69 Å². The van der Waals surface area contributed by atoms with Crippen LogP contribution in [0.25, 0.3) is 5.69 Å². The van der Waals surface area contributed by atoms with Gasteiger partial charge in [0.05, 0.1) is 22.8 Å². The van der Waals surface area contributed by atoms with Crippen LogP contribution in [0.3, 0.4) is 0 Å². The fourth-order valence-corrected chi connectivity index (χ4v) is 2.88. The van der Waals surface area contributed by atoms with Gasteiger partial charge in [-0.3, -0.25) is 4.79 Å². The Labute approximate surface area is 151 Å². The van der Waals surface area contributed by atoms with Gasteiger partial charge in [0.25, 0.3) is 5.91 Å². The Bertz CT molecular complexity index is 950. The summed E-state index contributed by atoms with van der Waals surface area (Å²) in [5, 5.41) is 11.9. The van der Waals surface area contributed by atoms with Gasteiger partial charge < -0.3 is 10.1 Å². The van der Waals surface area contributed by atoms with E-state index in [0.717, 1.165) is 0 Å². The first-order valence-electron chi connectivity index (χ1n) is 7.88. The normalized spacial score (nSPS) is 11.2. The Morgan fingerprint density at radius 1 is 1.27 bits per heavy atom. The molecule has 1 heterocycles. The molecule has 0 spiro atoms. The maximum absolute atomic E-state index is 12.4. The highest BCUT2D eigenvalue weighted by atomic mass is 32.2. The van der Waals surface area contributed by atoms with Gasteiger partial charge in [-0.2, -0.15) is 5.10 Å². The Balaban J connectivity index is 2.62. The summed E-state index contributed by atoms with van der Waals surface area (Å²) in [7, 11) is -3.98. The van der Waals surface area contributed by atoms with Crippen LogP contribution in [0.5, 0.6) is 0 Å². The predicted molar refractivity (Wildman–Crippen MR) is 93.6 cm³/mol. The van der Waals surface area contributed by atoms with E-state index in [9.17, 15) is 18.0 Å². The lowest BCUT2D eigenvalue weighted by Gasteiger charge is -2.12. The van der Waals surface area contributed by atoms with Gasteiger partial charge in [-0.25, -0.2) is 23.0 Å².